The fraction of sp³-hybridized carbons (Fsp3) is 0.167. The standard InChI is InChI=1S/C12H12N2O/c1-8-12(14-9(2)13-8)11-5-3-4-10(6-11)7-15/h3-7H,1-2H3,(H,13,14). The highest BCUT2D eigenvalue weighted by molar-refractivity contribution is 5.78. The zero-order chi connectivity index (χ0) is 10.8. The lowest BCUT2D eigenvalue weighted by Crippen LogP contribution is -1.84. The minimum absolute atomic E-state index is 0.674. The van der Waals surface area contributed by atoms with Crippen LogP contribution in [0.25, 0.3) is 11.3 Å². The van der Waals surface area contributed by atoms with Gasteiger partial charge in [-0.05, 0) is 19.9 Å². The minimum Gasteiger partial charge on any atom is -0.346 e. The molecular weight excluding hydrogens is 188 g/mol. The van der Waals surface area contributed by atoms with Crippen LogP contribution in [0.15, 0.2) is 24.3 Å². The zero-order valence-electron chi connectivity index (χ0n) is 8.74. The van der Waals surface area contributed by atoms with Crippen LogP contribution in [0, 0.1) is 13.8 Å². The molecule has 3 heteroatoms. The highest BCUT2D eigenvalue weighted by Gasteiger charge is 2.06. The number of nitrogens with zero attached hydrogens (tertiary/aromatic N) is 1. The summed E-state index contributed by atoms with van der Waals surface area (Å²) in [5.41, 5.74) is 3.58. The largest absolute Gasteiger partial charge is 0.346 e. The fourth-order valence-corrected chi connectivity index (χ4v) is 1.65. The van der Waals surface area contributed by atoms with E-state index in [0.29, 0.717) is 5.56 Å². The molecule has 1 heterocycles. The number of rotatable bonds is 2. The number of hydrogen-bond acceptors (Lipinski definition) is 2. The lowest BCUT2D eigenvalue weighted by Gasteiger charge is -1.99. The number of nitrogens with one attached hydrogen (secondary N) is 1. The number of carbonyl (C=O) groups excluding carboxylic acids is 1. The Morgan fingerprint density at radius 1 is 1.33 bits per heavy atom. The Morgan fingerprint density at radius 3 is 2.73 bits per heavy atom. The van der Waals surface area contributed by atoms with Gasteiger partial charge in [0.15, 0.2) is 0 Å². The van der Waals surface area contributed by atoms with Gasteiger partial charge in [0.25, 0.3) is 0 Å². The summed E-state index contributed by atoms with van der Waals surface area (Å²) in [6.07, 6.45) is 0.846. The van der Waals surface area contributed by atoms with Crippen LogP contribution >= 0.6 is 0 Å². The van der Waals surface area contributed by atoms with Crippen LogP contribution in [0.4, 0.5) is 0 Å². The number of aldehydes is 1. The lowest BCUT2D eigenvalue weighted by molar-refractivity contribution is 0.112. The quantitative estimate of drug-likeness (QED) is 0.757. The number of aryl methyl sites for hydroxylation is 2. The summed E-state index contributed by atoms with van der Waals surface area (Å²) in [7, 11) is 0. The van der Waals surface area contributed by atoms with Crippen LogP contribution in [0.1, 0.15) is 21.9 Å². The Hall–Kier alpha value is -1.90. The number of carbonyl (C=O) groups is 1. The van der Waals surface area contributed by atoms with E-state index in [1.807, 2.05) is 32.0 Å². The first-order chi connectivity index (χ1) is 7.20. The maximum absolute atomic E-state index is 10.7. The maximum Gasteiger partial charge on any atom is 0.150 e. The van der Waals surface area contributed by atoms with Gasteiger partial charge >= 0.3 is 0 Å². The topological polar surface area (TPSA) is 45.8 Å². The molecule has 0 aliphatic heterocycles. The molecule has 0 radical (unpaired) electrons. The van der Waals surface area contributed by atoms with Gasteiger partial charge < -0.3 is 4.98 Å². The van der Waals surface area contributed by atoms with E-state index in [1.54, 1.807) is 6.07 Å². The molecule has 76 valence electrons. The number of hydrogen-bond donors (Lipinski definition) is 1. The molecule has 0 fully saturated rings. The summed E-state index contributed by atoms with van der Waals surface area (Å²) in [5.74, 6) is 0.888. The van der Waals surface area contributed by atoms with E-state index in [-0.39, 0.29) is 0 Å². The van der Waals surface area contributed by atoms with Gasteiger partial charge in [0, 0.05) is 16.8 Å². The van der Waals surface area contributed by atoms with Crippen LogP contribution in [-0.4, -0.2) is 16.3 Å². The molecule has 2 aromatic rings. The molecule has 0 saturated carbocycles. The summed E-state index contributed by atoms with van der Waals surface area (Å²) in [6, 6.07) is 7.44. The first-order valence-corrected chi connectivity index (χ1v) is 4.79. The van der Waals surface area contributed by atoms with Crippen molar-refractivity contribution in [3.63, 3.8) is 0 Å². The lowest BCUT2D eigenvalue weighted by atomic mass is 10.1. The van der Waals surface area contributed by atoms with Crippen molar-refractivity contribution in [3.05, 3.63) is 41.3 Å². The molecule has 15 heavy (non-hydrogen) atoms. The summed E-state index contributed by atoms with van der Waals surface area (Å²) in [6.45, 7) is 3.89. The van der Waals surface area contributed by atoms with Gasteiger partial charge in [-0.15, -0.1) is 0 Å². The molecule has 0 saturated heterocycles. The number of benzene rings is 1. The maximum atomic E-state index is 10.7. The van der Waals surface area contributed by atoms with Gasteiger partial charge in [-0.1, -0.05) is 18.2 Å². The van der Waals surface area contributed by atoms with Crippen molar-refractivity contribution >= 4 is 6.29 Å². The third-order valence-electron chi connectivity index (χ3n) is 2.30. The molecular formula is C12H12N2O. The Morgan fingerprint density at radius 2 is 2.13 bits per heavy atom. The molecule has 0 aliphatic rings. The molecule has 1 aromatic carbocycles. The first-order valence-electron chi connectivity index (χ1n) is 4.79. The van der Waals surface area contributed by atoms with E-state index in [1.165, 1.54) is 0 Å². The molecule has 0 bridgehead atoms. The third kappa shape index (κ3) is 1.81. The van der Waals surface area contributed by atoms with Crippen molar-refractivity contribution in [1.82, 2.24) is 9.97 Å². The van der Waals surface area contributed by atoms with Crippen molar-refractivity contribution in [2.75, 3.05) is 0 Å². The first kappa shape index (κ1) is 9.65. The van der Waals surface area contributed by atoms with Gasteiger partial charge in [-0.25, -0.2) is 4.98 Å². The van der Waals surface area contributed by atoms with Crippen LogP contribution in [-0.2, 0) is 0 Å². The highest BCUT2D eigenvalue weighted by atomic mass is 16.1. The molecule has 0 spiro atoms. The Kier molecular flexibility index (Phi) is 2.37. The van der Waals surface area contributed by atoms with E-state index in [9.17, 15) is 4.79 Å². The fourth-order valence-electron chi connectivity index (χ4n) is 1.65. The SMILES string of the molecule is Cc1nc(-c2cccc(C=O)c2)c(C)[nH]1. The van der Waals surface area contributed by atoms with E-state index >= 15 is 0 Å². The minimum atomic E-state index is 0.674. The van der Waals surface area contributed by atoms with Crippen molar-refractivity contribution in [1.29, 1.82) is 0 Å². The predicted octanol–water partition coefficient (Wildman–Crippen LogP) is 2.51. The molecule has 0 amide bonds. The van der Waals surface area contributed by atoms with Crippen LogP contribution in [0.5, 0.6) is 0 Å². The predicted molar refractivity (Wildman–Crippen MR) is 58.9 cm³/mol. The molecule has 0 unspecified atom stereocenters. The molecule has 1 N–H and O–H groups in total. The van der Waals surface area contributed by atoms with E-state index in [0.717, 1.165) is 29.1 Å². The third-order valence-corrected chi connectivity index (χ3v) is 2.30. The molecule has 0 aliphatic carbocycles. The van der Waals surface area contributed by atoms with Crippen molar-refractivity contribution in [2.45, 2.75) is 13.8 Å². The molecule has 1 aromatic heterocycles. The van der Waals surface area contributed by atoms with E-state index < -0.39 is 0 Å². The average molecular weight is 200 g/mol. The monoisotopic (exact) mass is 200 g/mol. The number of aromatic nitrogens is 2. The van der Waals surface area contributed by atoms with Crippen molar-refractivity contribution in [3.8, 4) is 11.3 Å². The van der Waals surface area contributed by atoms with Gasteiger partial charge in [0.2, 0.25) is 0 Å². The summed E-state index contributed by atoms with van der Waals surface area (Å²) in [5, 5.41) is 0. The van der Waals surface area contributed by atoms with Gasteiger partial charge in [-0.3, -0.25) is 4.79 Å². The number of H-pyrrole nitrogens is 1. The Bertz CT molecular complexity index is 500. The second-order valence-corrected chi connectivity index (χ2v) is 3.54. The van der Waals surface area contributed by atoms with Gasteiger partial charge in [0.1, 0.15) is 12.1 Å². The number of aromatic amines is 1. The zero-order valence-corrected chi connectivity index (χ0v) is 8.74. The van der Waals surface area contributed by atoms with Gasteiger partial charge in [0.05, 0.1) is 5.69 Å². The van der Waals surface area contributed by atoms with E-state index in [4.69, 9.17) is 0 Å². The highest BCUT2D eigenvalue weighted by Crippen LogP contribution is 2.21. The molecule has 2 rings (SSSR count). The summed E-state index contributed by atoms with van der Waals surface area (Å²) >= 11 is 0. The summed E-state index contributed by atoms with van der Waals surface area (Å²) in [4.78, 5) is 18.2. The van der Waals surface area contributed by atoms with Crippen molar-refractivity contribution in [2.24, 2.45) is 0 Å². The second-order valence-electron chi connectivity index (χ2n) is 3.54. The van der Waals surface area contributed by atoms with Gasteiger partial charge in [-0.2, -0.15) is 0 Å². The summed E-state index contributed by atoms with van der Waals surface area (Å²) < 4.78 is 0. The normalized spacial score (nSPS) is 10.3. The average Bonchev–Trinajstić information content (AvgIpc) is 2.58. The Balaban J connectivity index is 2.53. The van der Waals surface area contributed by atoms with Crippen LogP contribution < -0.4 is 0 Å². The number of imidazole rings is 1. The van der Waals surface area contributed by atoms with Crippen LogP contribution in [0.2, 0.25) is 0 Å². The molecule has 0 atom stereocenters. The van der Waals surface area contributed by atoms with Crippen molar-refractivity contribution < 1.29 is 4.79 Å². The smallest absolute Gasteiger partial charge is 0.150 e. The van der Waals surface area contributed by atoms with E-state index in [2.05, 4.69) is 9.97 Å². The molecule has 3 nitrogen and oxygen atoms in total. The van der Waals surface area contributed by atoms with Crippen LogP contribution in [0.3, 0.4) is 0 Å². The second kappa shape index (κ2) is 3.69. The Labute approximate surface area is 88.2 Å².